The predicted molar refractivity (Wildman–Crippen MR) is 65.3 cm³/mol. The van der Waals surface area contributed by atoms with Crippen molar-refractivity contribution in [1.29, 1.82) is 0 Å². The van der Waals surface area contributed by atoms with Gasteiger partial charge in [-0.3, -0.25) is 0 Å². The van der Waals surface area contributed by atoms with Gasteiger partial charge < -0.3 is 15.6 Å². The van der Waals surface area contributed by atoms with Crippen LogP contribution in [-0.4, -0.2) is 22.6 Å². The predicted octanol–water partition coefficient (Wildman–Crippen LogP) is 1.54. The number of anilines is 1. The molecule has 84 valence electrons. The van der Waals surface area contributed by atoms with Gasteiger partial charge in [0.25, 0.3) is 0 Å². The normalized spacial score (nSPS) is 18.0. The summed E-state index contributed by atoms with van der Waals surface area (Å²) in [6.45, 7) is 2.13. The van der Waals surface area contributed by atoms with E-state index in [1.807, 2.05) is 18.2 Å². The number of nitrogens with one attached hydrogen (secondary N) is 1. The number of imidazole rings is 1. The van der Waals surface area contributed by atoms with Gasteiger partial charge in [-0.15, -0.1) is 0 Å². The maximum atomic E-state index is 6.02. The zero-order valence-corrected chi connectivity index (χ0v) is 9.19. The Hall–Kier alpha value is -1.55. The van der Waals surface area contributed by atoms with Crippen LogP contribution in [0.5, 0.6) is 0 Å². The largest absolute Gasteiger partial charge is 0.369 e. The molecule has 1 saturated heterocycles. The van der Waals surface area contributed by atoms with E-state index in [2.05, 4.69) is 20.9 Å². The molecule has 1 fully saturated rings. The third-order valence-corrected chi connectivity index (χ3v) is 3.30. The number of nitrogens with two attached hydrogens (primary N) is 1. The van der Waals surface area contributed by atoms with Gasteiger partial charge in [0.1, 0.15) is 0 Å². The summed E-state index contributed by atoms with van der Waals surface area (Å²) in [5, 5.41) is 3.37. The molecule has 0 spiro atoms. The van der Waals surface area contributed by atoms with Gasteiger partial charge in [-0.25, -0.2) is 4.98 Å². The second-order valence-electron chi connectivity index (χ2n) is 4.31. The van der Waals surface area contributed by atoms with Gasteiger partial charge in [0.15, 0.2) is 0 Å². The molecule has 1 aliphatic rings. The van der Waals surface area contributed by atoms with Crippen molar-refractivity contribution in [2.24, 2.45) is 0 Å². The van der Waals surface area contributed by atoms with Gasteiger partial charge in [0.05, 0.1) is 11.0 Å². The SMILES string of the molecule is Nc1nc2ccccc2n1C1CCNCC1. The van der Waals surface area contributed by atoms with Gasteiger partial charge in [-0.1, -0.05) is 12.1 Å². The summed E-state index contributed by atoms with van der Waals surface area (Å²) < 4.78 is 2.19. The standard InChI is InChI=1S/C12H16N4/c13-12-15-10-3-1-2-4-11(10)16(12)9-5-7-14-8-6-9/h1-4,9,14H,5-8H2,(H2,13,15). The molecular formula is C12H16N4. The van der Waals surface area contributed by atoms with Crippen molar-refractivity contribution in [3.05, 3.63) is 24.3 Å². The third-order valence-electron chi connectivity index (χ3n) is 3.30. The smallest absolute Gasteiger partial charge is 0.201 e. The fraction of sp³-hybridized carbons (Fsp3) is 0.417. The highest BCUT2D eigenvalue weighted by Crippen LogP contribution is 2.27. The molecule has 16 heavy (non-hydrogen) atoms. The van der Waals surface area contributed by atoms with Crippen LogP contribution in [0.4, 0.5) is 5.95 Å². The molecule has 0 radical (unpaired) electrons. The minimum atomic E-state index is 0.494. The fourth-order valence-electron chi connectivity index (χ4n) is 2.51. The number of rotatable bonds is 1. The molecule has 0 bridgehead atoms. The molecule has 2 heterocycles. The monoisotopic (exact) mass is 216 g/mol. The number of nitrogen functional groups attached to an aromatic ring is 1. The zero-order valence-electron chi connectivity index (χ0n) is 9.19. The van der Waals surface area contributed by atoms with E-state index < -0.39 is 0 Å². The Morgan fingerprint density at radius 2 is 2.00 bits per heavy atom. The molecule has 4 nitrogen and oxygen atoms in total. The summed E-state index contributed by atoms with van der Waals surface area (Å²) in [5.74, 6) is 0.646. The lowest BCUT2D eigenvalue weighted by Gasteiger charge is -2.25. The highest BCUT2D eigenvalue weighted by atomic mass is 15.2. The first kappa shape index (κ1) is 9.66. The molecule has 3 rings (SSSR count). The van der Waals surface area contributed by atoms with Gasteiger partial charge in [-0.05, 0) is 38.1 Å². The molecule has 0 atom stereocenters. The molecule has 1 aromatic carbocycles. The van der Waals surface area contributed by atoms with Gasteiger partial charge in [0.2, 0.25) is 5.95 Å². The highest BCUT2D eigenvalue weighted by Gasteiger charge is 2.19. The summed E-state index contributed by atoms with van der Waals surface area (Å²) in [4.78, 5) is 4.41. The maximum Gasteiger partial charge on any atom is 0.201 e. The van der Waals surface area contributed by atoms with Crippen molar-refractivity contribution >= 4 is 17.0 Å². The van der Waals surface area contributed by atoms with Crippen LogP contribution in [-0.2, 0) is 0 Å². The van der Waals surface area contributed by atoms with Gasteiger partial charge in [0, 0.05) is 6.04 Å². The summed E-state index contributed by atoms with van der Waals surface area (Å²) in [7, 11) is 0. The zero-order chi connectivity index (χ0) is 11.0. The Bertz CT molecular complexity index is 497. The number of nitrogens with zero attached hydrogens (tertiary/aromatic N) is 2. The van der Waals surface area contributed by atoms with Gasteiger partial charge in [-0.2, -0.15) is 0 Å². The lowest BCUT2D eigenvalue weighted by Crippen LogP contribution is -2.29. The molecule has 1 aliphatic heterocycles. The van der Waals surface area contributed by atoms with Crippen LogP contribution in [0.1, 0.15) is 18.9 Å². The van der Waals surface area contributed by atoms with Crippen LogP contribution in [0.15, 0.2) is 24.3 Å². The first-order valence-electron chi connectivity index (χ1n) is 5.79. The Kier molecular flexibility index (Phi) is 2.29. The topological polar surface area (TPSA) is 55.9 Å². The van der Waals surface area contributed by atoms with E-state index in [0.29, 0.717) is 12.0 Å². The number of para-hydroxylation sites is 2. The summed E-state index contributed by atoms with van der Waals surface area (Å²) in [5.41, 5.74) is 8.17. The quantitative estimate of drug-likeness (QED) is 0.760. The number of hydrogen-bond acceptors (Lipinski definition) is 3. The van der Waals surface area contributed by atoms with Crippen molar-refractivity contribution in [1.82, 2.24) is 14.9 Å². The summed E-state index contributed by atoms with van der Waals surface area (Å²) in [6.07, 6.45) is 2.26. The van der Waals surface area contributed by atoms with Crippen molar-refractivity contribution in [3.63, 3.8) is 0 Å². The number of piperidine rings is 1. The summed E-state index contributed by atoms with van der Waals surface area (Å²) >= 11 is 0. The third kappa shape index (κ3) is 1.46. The van der Waals surface area contributed by atoms with E-state index in [0.717, 1.165) is 37.0 Å². The van der Waals surface area contributed by atoms with Crippen LogP contribution in [0, 0.1) is 0 Å². The van der Waals surface area contributed by atoms with E-state index in [9.17, 15) is 0 Å². The van der Waals surface area contributed by atoms with E-state index in [4.69, 9.17) is 5.73 Å². The molecule has 0 aliphatic carbocycles. The summed E-state index contributed by atoms with van der Waals surface area (Å²) in [6, 6.07) is 8.65. The van der Waals surface area contributed by atoms with Crippen molar-refractivity contribution < 1.29 is 0 Å². The molecule has 1 aromatic heterocycles. The average molecular weight is 216 g/mol. The minimum absolute atomic E-state index is 0.494. The first-order valence-corrected chi connectivity index (χ1v) is 5.79. The fourth-order valence-corrected chi connectivity index (χ4v) is 2.51. The van der Waals surface area contributed by atoms with E-state index >= 15 is 0 Å². The lowest BCUT2D eigenvalue weighted by molar-refractivity contribution is 0.378. The number of hydrogen-bond donors (Lipinski definition) is 2. The molecule has 0 amide bonds. The van der Waals surface area contributed by atoms with Crippen molar-refractivity contribution in [2.45, 2.75) is 18.9 Å². The minimum Gasteiger partial charge on any atom is -0.369 e. The van der Waals surface area contributed by atoms with Crippen LogP contribution in [0.25, 0.3) is 11.0 Å². The Balaban J connectivity index is 2.10. The molecular weight excluding hydrogens is 200 g/mol. The average Bonchev–Trinajstić information content (AvgIpc) is 2.66. The van der Waals surface area contributed by atoms with Crippen LogP contribution >= 0.6 is 0 Å². The molecule has 4 heteroatoms. The highest BCUT2D eigenvalue weighted by molar-refractivity contribution is 5.78. The first-order chi connectivity index (χ1) is 7.86. The van der Waals surface area contributed by atoms with Gasteiger partial charge >= 0.3 is 0 Å². The van der Waals surface area contributed by atoms with Crippen molar-refractivity contribution in [3.8, 4) is 0 Å². The van der Waals surface area contributed by atoms with Crippen LogP contribution in [0.2, 0.25) is 0 Å². The second-order valence-corrected chi connectivity index (χ2v) is 4.31. The molecule has 3 N–H and O–H groups in total. The van der Waals surface area contributed by atoms with Crippen molar-refractivity contribution in [2.75, 3.05) is 18.8 Å². The Morgan fingerprint density at radius 3 is 2.81 bits per heavy atom. The second kappa shape index (κ2) is 3.79. The van der Waals surface area contributed by atoms with Crippen LogP contribution in [0.3, 0.4) is 0 Å². The number of fused-ring (bicyclic) bond motifs is 1. The van der Waals surface area contributed by atoms with E-state index in [1.54, 1.807) is 0 Å². The molecule has 0 unspecified atom stereocenters. The van der Waals surface area contributed by atoms with E-state index in [-0.39, 0.29) is 0 Å². The molecule has 0 saturated carbocycles. The van der Waals surface area contributed by atoms with Crippen LogP contribution < -0.4 is 11.1 Å². The number of aromatic nitrogens is 2. The maximum absolute atomic E-state index is 6.02. The Morgan fingerprint density at radius 1 is 1.25 bits per heavy atom. The number of benzene rings is 1. The van der Waals surface area contributed by atoms with E-state index in [1.165, 1.54) is 0 Å². The lowest BCUT2D eigenvalue weighted by atomic mass is 10.1. The molecule has 2 aromatic rings. The Labute approximate surface area is 94.5 Å².